The highest BCUT2D eigenvalue weighted by atomic mass is 35.5. The van der Waals surface area contributed by atoms with E-state index >= 15 is 0 Å². The van der Waals surface area contributed by atoms with Crippen LogP contribution in [-0.2, 0) is 9.53 Å². The number of aliphatic imine (C=N–C) groups is 1. The minimum absolute atomic E-state index is 0.0107. The van der Waals surface area contributed by atoms with Crippen LogP contribution in [0.5, 0.6) is 0 Å². The SMILES string of the molecule is COC(=O)C1(CC(C)C)N=CN(C2CCCCC2)C1CC1CCC(C(C)(C)Nc2ccc(Cl)cc2)CC1. The van der Waals surface area contributed by atoms with Crippen LogP contribution in [0.15, 0.2) is 29.3 Å². The van der Waals surface area contributed by atoms with Crippen LogP contribution in [0.2, 0.25) is 5.02 Å². The Morgan fingerprint density at radius 2 is 1.76 bits per heavy atom. The van der Waals surface area contributed by atoms with Gasteiger partial charge in [0.1, 0.15) is 0 Å². The maximum Gasteiger partial charge on any atom is 0.335 e. The third kappa shape index (κ3) is 6.46. The average molecular weight is 530 g/mol. The fourth-order valence-corrected chi connectivity index (χ4v) is 7.46. The summed E-state index contributed by atoms with van der Waals surface area (Å²) in [6.45, 7) is 9.04. The van der Waals surface area contributed by atoms with Gasteiger partial charge in [-0.2, -0.15) is 0 Å². The zero-order valence-corrected chi connectivity index (χ0v) is 24.4. The molecule has 0 saturated heterocycles. The number of benzene rings is 1. The topological polar surface area (TPSA) is 53.9 Å². The number of halogens is 1. The molecule has 2 fully saturated rings. The highest BCUT2D eigenvalue weighted by molar-refractivity contribution is 6.30. The molecule has 0 radical (unpaired) electrons. The lowest BCUT2D eigenvalue weighted by Crippen LogP contribution is -2.55. The standard InChI is InChI=1S/C31H48ClN3O2/c1-22(2)20-31(29(36)37-5)28(35(21-33-31)27-9-7-6-8-10-27)19-23-11-13-24(14-12-23)30(3,4)34-26-17-15-25(32)16-18-26/h15-18,21-24,27-28,34H,6-14,19-20H2,1-5H3. The maximum absolute atomic E-state index is 13.4. The Hall–Kier alpha value is -1.75. The van der Waals surface area contributed by atoms with E-state index in [2.05, 4.69) is 50.0 Å². The van der Waals surface area contributed by atoms with Crippen molar-refractivity contribution in [3.05, 3.63) is 29.3 Å². The fraction of sp³-hybridized carbons (Fsp3) is 0.742. The van der Waals surface area contributed by atoms with Crippen molar-refractivity contribution in [2.24, 2.45) is 22.7 Å². The van der Waals surface area contributed by atoms with Crippen LogP contribution in [-0.4, -0.2) is 47.5 Å². The molecule has 1 N–H and O–H groups in total. The third-order valence-electron chi connectivity index (χ3n) is 9.32. The maximum atomic E-state index is 13.4. The number of anilines is 1. The first-order chi connectivity index (χ1) is 17.6. The van der Waals surface area contributed by atoms with Crippen LogP contribution in [0.3, 0.4) is 0 Å². The smallest absolute Gasteiger partial charge is 0.335 e. The van der Waals surface area contributed by atoms with E-state index < -0.39 is 5.54 Å². The van der Waals surface area contributed by atoms with Crippen molar-refractivity contribution < 1.29 is 9.53 Å². The molecular weight excluding hydrogens is 482 g/mol. The quantitative estimate of drug-likeness (QED) is 0.332. The molecule has 0 aromatic heterocycles. The minimum Gasteiger partial charge on any atom is -0.467 e. The number of ether oxygens (including phenoxy) is 1. The van der Waals surface area contributed by atoms with E-state index in [1.165, 1.54) is 64.9 Å². The molecule has 2 unspecified atom stereocenters. The van der Waals surface area contributed by atoms with E-state index in [1.54, 1.807) is 0 Å². The Kier molecular flexibility index (Phi) is 9.14. The van der Waals surface area contributed by atoms with Gasteiger partial charge >= 0.3 is 5.97 Å². The molecule has 206 valence electrons. The number of hydrogen-bond donors (Lipinski definition) is 1. The summed E-state index contributed by atoms with van der Waals surface area (Å²) in [6, 6.07) is 8.63. The Morgan fingerprint density at radius 3 is 2.35 bits per heavy atom. The lowest BCUT2D eigenvalue weighted by molar-refractivity contribution is -0.150. The predicted octanol–water partition coefficient (Wildman–Crippen LogP) is 7.73. The zero-order valence-electron chi connectivity index (χ0n) is 23.6. The summed E-state index contributed by atoms with van der Waals surface area (Å²) < 4.78 is 5.42. The average Bonchev–Trinajstić information content (AvgIpc) is 3.23. The molecule has 0 amide bonds. The van der Waals surface area contributed by atoms with Gasteiger partial charge in [-0.05, 0) is 94.4 Å². The minimum atomic E-state index is -0.771. The largest absolute Gasteiger partial charge is 0.467 e. The molecule has 2 aliphatic carbocycles. The van der Waals surface area contributed by atoms with Crippen molar-refractivity contribution in [1.29, 1.82) is 0 Å². The molecule has 1 heterocycles. The second-order valence-electron chi connectivity index (χ2n) is 12.8. The summed E-state index contributed by atoms with van der Waals surface area (Å²) in [5.41, 5.74) is 0.364. The highest BCUT2D eigenvalue weighted by Crippen LogP contribution is 2.44. The summed E-state index contributed by atoms with van der Waals surface area (Å²) in [4.78, 5) is 20.8. The van der Waals surface area contributed by atoms with E-state index in [4.69, 9.17) is 21.3 Å². The number of hydrogen-bond acceptors (Lipinski definition) is 5. The first-order valence-corrected chi connectivity index (χ1v) is 15.0. The first-order valence-electron chi connectivity index (χ1n) is 14.6. The molecule has 2 saturated carbocycles. The van der Waals surface area contributed by atoms with Gasteiger partial charge in [-0.3, -0.25) is 4.99 Å². The van der Waals surface area contributed by atoms with Gasteiger partial charge in [0.05, 0.1) is 19.5 Å². The van der Waals surface area contributed by atoms with Gasteiger partial charge in [-0.1, -0.05) is 57.6 Å². The van der Waals surface area contributed by atoms with Crippen LogP contribution < -0.4 is 5.32 Å². The Bertz CT molecular complexity index is 917. The molecule has 5 nitrogen and oxygen atoms in total. The number of methoxy groups -OCH3 is 1. The molecule has 1 aromatic carbocycles. The van der Waals surface area contributed by atoms with Gasteiger partial charge in [0.25, 0.3) is 0 Å². The van der Waals surface area contributed by atoms with Gasteiger partial charge in [-0.25, -0.2) is 4.79 Å². The summed E-state index contributed by atoms with van der Waals surface area (Å²) >= 11 is 6.08. The Labute approximate surface area is 229 Å². The summed E-state index contributed by atoms with van der Waals surface area (Å²) in [5, 5.41) is 4.53. The van der Waals surface area contributed by atoms with E-state index in [0.717, 1.165) is 23.6 Å². The number of nitrogens with zero attached hydrogens (tertiary/aromatic N) is 2. The van der Waals surface area contributed by atoms with Crippen LogP contribution in [0, 0.1) is 17.8 Å². The van der Waals surface area contributed by atoms with Gasteiger partial charge < -0.3 is 15.0 Å². The Balaban J connectivity index is 1.46. The zero-order chi connectivity index (χ0) is 26.6. The molecule has 2 atom stereocenters. The molecule has 3 aliphatic rings. The van der Waals surface area contributed by atoms with E-state index in [-0.39, 0.29) is 17.6 Å². The van der Waals surface area contributed by atoms with Gasteiger partial charge in [0, 0.05) is 22.3 Å². The number of rotatable bonds is 9. The molecule has 0 bridgehead atoms. The highest BCUT2D eigenvalue weighted by Gasteiger charge is 2.54. The van der Waals surface area contributed by atoms with Crippen LogP contribution in [0.1, 0.15) is 98.3 Å². The molecular formula is C31H48ClN3O2. The van der Waals surface area contributed by atoms with Crippen molar-refractivity contribution in [2.45, 2.75) is 121 Å². The molecule has 37 heavy (non-hydrogen) atoms. The van der Waals surface area contributed by atoms with Gasteiger partial charge in [-0.15, -0.1) is 0 Å². The number of carbonyl (C=O) groups excluding carboxylic acids is 1. The predicted molar refractivity (Wildman–Crippen MR) is 154 cm³/mol. The molecule has 0 spiro atoms. The van der Waals surface area contributed by atoms with Crippen molar-refractivity contribution in [3.63, 3.8) is 0 Å². The number of carbonyl (C=O) groups is 1. The Morgan fingerprint density at radius 1 is 1.11 bits per heavy atom. The molecule has 1 aromatic rings. The second-order valence-corrected chi connectivity index (χ2v) is 13.3. The summed E-state index contributed by atoms with van der Waals surface area (Å²) in [6.07, 6.45) is 14.9. The van der Waals surface area contributed by atoms with Gasteiger partial charge in [0.2, 0.25) is 0 Å². The first kappa shape index (κ1) is 28.3. The number of esters is 1. The van der Waals surface area contributed by atoms with Crippen LogP contribution in [0.4, 0.5) is 5.69 Å². The van der Waals surface area contributed by atoms with E-state index in [0.29, 0.717) is 23.8 Å². The monoisotopic (exact) mass is 529 g/mol. The van der Waals surface area contributed by atoms with Gasteiger partial charge in [0.15, 0.2) is 5.54 Å². The summed E-state index contributed by atoms with van der Waals surface area (Å²) in [5.74, 6) is 1.44. The fourth-order valence-electron chi connectivity index (χ4n) is 7.33. The second kappa shape index (κ2) is 12.0. The van der Waals surface area contributed by atoms with Crippen molar-refractivity contribution in [3.8, 4) is 0 Å². The third-order valence-corrected chi connectivity index (χ3v) is 9.57. The lowest BCUT2D eigenvalue weighted by Gasteiger charge is -2.45. The normalized spacial score (nSPS) is 29.1. The van der Waals surface area contributed by atoms with Crippen LogP contribution in [0.25, 0.3) is 0 Å². The summed E-state index contributed by atoms with van der Waals surface area (Å²) in [7, 11) is 1.53. The van der Waals surface area contributed by atoms with E-state index in [9.17, 15) is 4.79 Å². The molecule has 1 aliphatic heterocycles. The molecule has 6 heteroatoms. The number of nitrogens with one attached hydrogen (secondary N) is 1. The van der Waals surface area contributed by atoms with Crippen molar-refractivity contribution in [1.82, 2.24) is 4.90 Å². The molecule has 4 rings (SSSR count). The van der Waals surface area contributed by atoms with Crippen molar-refractivity contribution in [2.75, 3.05) is 12.4 Å². The lowest BCUT2D eigenvalue weighted by atomic mass is 9.69. The van der Waals surface area contributed by atoms with Crippen LogP contribution >= 0.6 is 11.6 Å². The van der Waals surface area contributed by atoms with E-state index in [1.807, 2.05) is 18.5 Å². The van der Waals surface area contributed by atoms with Crippen molar-refractivity contribution >= 4 is 29.6 Å².